The number of nitrogens with two attached hydrogens (primary N) is 1. The third-order valence-electron chi connectivity index (χ3n) is 4.38. The van der Waals surface area contributed by atoms with Crippen molar-refractivity contribution in [3.8, 4) is 0 Å². The molecule has 25 heavy (non-hydrogen) atoms. The van der Waals surface area contributed by atoms with Gasteiger partial charge >= 0.3 is 0 Å². The molecule has 0 bridgehead atoms. The number of rotatable bonds is 5. The maximum atomic E-state index is 11.9. The molecule has 0 aliphatic carbocycles. The first-order valence-electron chi connectivity index (χ1n) is 8.32. The van der Waals surface area contributed by atoms with Gasteiger partial charge in [0.05, 0.1) is 10.6 Å². The van der Waals surface area contributed by atoms with Gasteiger partial charge < -0.3 is 10.0 Å². The van der Waals surface area contributed by atoms with Gasteiger partial charge in [0.25, 0.3) is 0 Å². The van der Waals surface area contributed by atoms with Crippen molar-refractivity contribution in [3.05, 3.63) is 28.8 Å². The van der Waals surface area contributed by atoms with Gasteiger partial charge in [-0.15, -0.1) is 0 Å². The van der Waals surface area contributed by atoms with Crippen molar-refractivity contribution in [1.29, 1.82) is 0 Å². The molecule has 1 aliphatic rings. The molecule has 1 heterocycles. The summed E-state index contributed by atoms with van der Waals surface area (Å²) >= 11 is 1.49. The number of nitrogens with zero attached hydrogens (tertiary/aromatic N) is 2. The highest BCUT2D eigenvalue weighted by Crippen LogP contribution is 2.40. The minimum absolute atomic E-state index is 0.0598. The molecule has 0 aromatic heterocycles. The molecule has 1 atom stereocenters. The van der Waals surface area contributed by atoms with Crippen molar-refractivity contribution in [2.24, 2.45) is 16.0 Å². The van der Waals surface area contributed by atoms with E-state index in [1.165, 1.54) is 17.8 Å². The van der Waals surface area contributed by atoms with E-state index in [4.69, 9.17) is 5.14 Å². The summed E-state index contributed by atoms with van der Waals surface area (Å²) in [6, 6.07) is 3.32. The van der Waals surface area contributed by atoms with Crippen LogP contribution in [0.1, 0.15) is 37.5 Å². The fraction of sp³-hybridized carbons (Fsp3) is 0.588. The van der Waals surface area contributed by atoms with Crippen LogP contribution in [0.2, 0.25) is 0 Å². The molecule has 1 aromatic rings. The Hall–Kier alpha value is -1.09. The van der Waals surface area contributed by atoms with Crippen LogP contribution >= 0.6 is 11.8 Å². The predicted molar refractivity (Wildman–Crippen MR) is 103 cm³/mol. The van der Waals surface area contributed by atoms with Crippen molar-refractivity contribution >= 4 is 27.0 Å². The normalized spacial score (nSPS) is 23.0. The van der Waals surface area contributed by atoms with Crippen molar-refractivity contribution in [2.75, 3.05) is 18.8 Å². The highest BCUT2D eigenvalue weighted by molar-refractivity contribution is 8.14. The summed E-state index contributed by atoms with van der Waals surface area (Å²) in [6.07, 6.45) is 0. The van der Waals surface area contributed by atoms with Gasteiger partial charge in [0.15, 0.2) is 10.9 Å². The Morgan fingerprint density at radius 1 is 1.40 bits per heavy atom. The molecule has 8 heteroatoms. The second kappa shape index (κ2) is 7.26. The van der Waals surface area contributed by atoms with Gasteiger partial charge in [0, 0.05) is 18.7 Å². The molecule has 1 unspecified atom stereocenters. The van der Waals surface area contributed by atoms with Crippen molar-refractivity contribution in [2.45, 2.75) is 45.2 Å². The van der Waals surface area contributed by atoms with E-state index >= 15 is 0 Å². The Kier molecular flexibility index (Phi) is 5.88. The van der Waals surface area contributed by atoms with Crippen LogP contribution in [-0.2, 0) is 15.7 Å². The average molecular weight is 386 g/mol. The van der Waals surface area contributed by atoms with Gasteiger partial charge in [-0.1, -0.05) is 31.7 Å². The lowest BCUT2D eigenvalue weighted by molar-refractivity contribution is -0.0456. The summed E-state index contributed by atoms with van der Waals surface area (Å²) in [6.45, 7) is 10.9. The van der Waals surface area contributed by atoms with E-state index in [2.05, 4.69) is 18.8 Å². The fourth-order valence-electron chi connectivity index (χ4n) is 2.86. The lowest BCUT2D eigenvalue weighted by Crippen LogP contribution is -2.45. The molecular formula is C17H27N3O3S2. The fourth-order valence-corrected chi connectivity index (χ4v) is 4.99. The lowest BCUT2D eigenvalue weighted by atomic mass is 9.98. The van der Waals surface area contributed by atoms with E-state index in [9.17, 15) is 13.5 Å². The number of benzene rings is 1. The van der Waals surface area contributed by atoms with Gasteiger partial charge in [-0.05, 0) is 43.9 Å². The van der Waals surface area contributed by atoms with E-state index in [0.29, 0.717) is 35.9 Å². The van der Waals surface area contributed by atoms with Gasteiger partial charge in [-0.3, -0.25) is 4.99 Å². The highest BCUT2D eigenvalue weighted by Gasteiger charge is 2.44. The molecular weight excluding hydrogens is 358 g/mol. The van der Waals surface area contributed by atoms with Crippen LogP contribution in [-0.4, -0.2) is 42.4 Å². The number of aliphatic hydroxyl groups is 1. The molecule has 6 nitrogen and oxygen atoms in total. The standard InChI is InChI=1S/C17H27N3O3S2/c1-6-20-16(19-9-11(2)3)24-10-17(20,21)14-7-12(4)13(5)15(8-14)25(18,22)23/h7-8,11,21H,6,9-10H2,1-5H3,(H2,18,22,23). The van der Waals surface area contributed by atoms with Crippen LogP contribution in [0.3, 0.4) is 0 Å². The summed E-state index contributed by atoms with van der Waals surface area (Å²) in [5, 5.41) is 17.5. The Labute approximate surface area is 154 Å². The summed E-state index contributed by atoms with van der Waals surface area (Å²) in [7, 11) is -3.86. The maximum absolute atomic E-state index is 11.9. The number of aryl methyl sites for hydroxylation is 1. The number of hydrogen-bond acceptors (Lipinski definition) is 5. The summed E-state index contributed by atoms with van der Waals surface area (Å²) in [5.74, 6) is 0.820. The first kappa shape index (κ1) is 20.2. The quantitative estimate of drug-likeness (QED) is 0.810. The van der Waals surface area contributed by atoms with Gasteiger partial charge in [-0.25, -0.2) is 13.6 Å². The SMILES string of the molecule is CCN1C(=NCC(C)C)SCC1(O)c1cc(C)c(C)c(S(N)(=O)=O)c1. The Balaban J connectivity index is 2.53. The van der Waals surface area contributed by atoms with Gasteiger partial charge in [0.1, 0.15) is 0 Å². The van der Waals surface area contributed by atoms with Crippen LogP contribution in [0.4, 0.5) is 0 Å². The zero-order valence-electron chi connectivity index (χ0n) is 15.4. The molecule has 1 fully saturated rings. The monoisotopic (exact) mass is 385 g/mol. The number of sulfonamides is 1. The topological polar surface area (TPSA) is 96.0 Å². The molecule has 0 amide bonds. The molecule has 0 saturated carbocycles. The van der Waals surface area contributed by atoms with E-state index in [1.807, 2.05) is 24.8 Å². The largest absolute Gasteiger partial charge is 0.366 e. The molecule has 140 valence electrons. The van der Waals surface area contributed by atoms with Crippen molar-refractivity contribution < 1.29 is 13.5 Å². The number of hydrogen-bond donors (Lipinski definition) is 2. The molecule has 1 saturated heterocycles. The van der Waals surface area contributed by atoms with Crippen molar-refractivity contribution in [3.63, 3.8) is 0 Å². The third kappa shape index (κ3) is 4.02. The van der Waals surface area contributed by atoms with E-state index < -0.39 is 15.7 Å². The van der Waals surface area contributed by atoms with Gasteiger partial charge in [-0.2, -0.15) is 0 Å². The molecule has 0 radical (unpaired) electrons. The highest BCUT2D eigenvalue weighted by atomic mass is 32.2. The third-order valence-corrected chi connectivity index (χ3v) is 6.57. The summed E-state index contributed by atoms with van der Waals surface area (Å²) in [4.78, 5) is 6.50. The smallest absolute Gasteiger partial charge is 0.238 e. The number of amidine groups is 1. The van der Waals surface area contributed by atoms with Crippen LogP contribution in [0, 0.1) is 19.8 Å². The van der Waals surface area contributed by atoms with Crippen molar-refractivity contribution in [1.82, 2.24) is 4.90 Å². The maximum Gasteiger partial charge on any atom is 0.238 e. The second-order valence-electron chi connectivity index (χ2n) is 6.83. The van der Waals surface area contributed by atoms with Crippen LogP contribution in [0.25, 0.3) is 0 Å². The first-order chi connectivity index (χ1) is 11.5. The predicted octanol–water partition coefficient (Wildman–Crippen LogP) is 2.18. The molecule has 1 aliphatic heterocycles. The van der Waals surface area contributed by atoms with E-state index in [1.54, 1.807) is 6.92 Å². The Morgan fingerprint density at radius 3 is 2.56 bits per heavy atom. The lowest BCUT2D eigenvalue weighted by Gasteiger charge is -2.34. The van der Waals surface area contributed by atoms with Crippen LogP contribution in [0.15, 0.2) is 22.0 Å². The minimum atomic E-state index is -3.86. The molecule has 3 N–H and O–H groups in total. The van der Waals surface area contributed by atoms with E-state index in [-0.39, 0.29) is 4.90 Å². The Morgan fingerprint density at radius 2 is 2.04 bits per heavy atom. The molecule has 1 aromatic carbocycles. The van der Waals surface area contributed by atoms with E-state index in [0.717, 1.165) is 10.7 Å². The summed E-state index contributed by atoms with van der Waals surface area (Å²) < 4.78 is 23.8. The molecule has 0 spiro atoms. The molecule has 2 rings (SSSR count). The zero-order chi connectivity index (χ0) is 19.0. The van der Waals surface area contributed by atoms with Crippen LogP contribution < -0.4 is 5.14 Å². The second-order valence-corrected chi connectivity index (χ2v) is 9.30. The number of thioether (sulfide) groups is 1. The first-order valence-corrected chi connectivity index (χ1v) is 10.9. The Bertz CT molecular complexity index is 791. The van der Waals surface area contributed by atoms with Gasteiger partial charge in [0.2, 0.25) is 10.0 Å². The zero-order valence-corrected chi connectivity index (χ0v) is 17.0. The number of aliphatic imine (C=N–C) groups is 1. The summed E-state index contributed by atoms with van der Waals surface area (Å²) in [5.41, 5.74) is 0.622. The number of primary sulfonamides is 1. The average Bonchev–Trinajstić information content (AvgIpc) is 2.83. The minimum Gasteiger partial charge on any atom is -0.366 e. The van der Waals surface area contributed by atoms with Crippen LogP contribution in [0.5, 0.6) is 0 Å².